The number of aryl methyl sites for hydroxylation is 2. The third-order valence-corrected chi connectivity index (χ3v) is 3.23. The molecule has 0 aromatic carbocycles. The molecule has 0 unspecified atom stereocenters. The van der Waals surface area contributed by atoms with Crippen molar-refractivity contribution in [3.8, 4) is 6.07 Å². The largest absolute Gasteiger partial charge is 0.396 e. The Balaban J connectivity index is 2.96. The van der Waals surface area contributed by atoms with E-state index >= 15 is 0 Å². The monoisotopic (exact) mass is 204 g/mol. The molecule has 2 aromatic heterocycles. The predicted octanol–water partition coefficient (Wildman–Crippen LogP) is 1.76. The number of nitrogen functional groups attached to an aromatic ring is 1. The number of hydrogen-bond acceptors (Lipinski definition) is 5. The van der Waals surface area contributed by atoms with Crippen molar-refractivity contribution in [2.24, 2.45) is 0 Å². The number of anilines is 1. The first-order valence-corrected chi connectivity index (χ1v) is 4.88. The molecule has 0 aliphatic rings. The van der Waals surface area contributed by atoms with E-state index in [1.165, 1.54) is 11.3 Å². The highest BCUT2D eigenvalue weighted by molar-refractivity contribution is 7.19. The Kier molecular flexibility index (Phi) is 1.86. The Morgan fingerprint density at radius 2 is 2.07 bits per heavy atom. The van der Waals surface area contributed by atoms with Crippen LogP contribution >= 0.6 is 11.3 Å². The van der Waals surface area contributed by atoms with Crippen LogP contribution in [0.5, 0.6) is 0 Å². The third kappa shape index (κ3) is 1.05. The van der Waals surface area contributed by atoms with E-state index in [9.17, 15) is 0 Å². The van der Waals surface area contributed by atoms with Crippen LogP contribution < -0.4 is 5.73 Å². The molecule has 2 heterocycles. The van der Waals surface area contributed by atoms with Gasteiger partial charge in [0, 0.05) is 5.39 Å². The molecule has 0 radical (unpaired) electrons. The van der Waals surface area contributed by atoms with Gasteiger partial charge in [0.15, 0.2) is 0 Å². The zero-order valence-electron chi connectivity index (χ0n) is 7.83. The minimum absolute atomic E-state index is 0.517. The molecule has 0 atom stereocenters. The number of nitriles is 1. The molecule has 0 aliphatic heterocycles. The Bertz CT molecular complexity index is 550. The summed E-state index contributed by atoms with van der Waals surface area (Å²) in [6, 6.07) is 2.06. The number of rotatable bonds is 0. The van der Waals surface area contributed by atoms with Crippen molar-refractivity contribution in [1.29, 1.82) is 5.26 Å². The van der Waals surface area contributed by atoms with E-state index in [1.807, 2.05) is 13.8 Å². The zero-order chi connectivity index (χ0) is 10.3. The van der Waals surface area contributed by atoms with Crippen LogP contribution in [0.3, 0.4) is 0 Å². The van der Waals surface area contributed by atoms with Crippen molar-refractivity contribution < 1.29 is 0 Å². The first-order chi connectivity index (χ1) is 6.65. The van der Waals surface area contributed by atoms with Crippen LogP contribution in [0, 0.1) is 25.2 Å². The molecular weight excluding hydrogens is 196 g/mol. The summed E-state index contributed by atoms with van der Waals surface area (Å²) in [6.07, 6.45) is 0. The lowest BCUT2D eigenvalue weighted by Gasteiger charge is -1.99. The maximum absolute atomic E-state index is 8.81. The van der Waals surface area contributed by atoms with Gasteiger partial charge in [-0.05, 0) is 19.4 Å². The summed E-state index contributed by atoms with van der Waals surface area (Å²) in [5.74, 6) is 0. The first-order valence-electron chi connectivity index (χ1n) is 4.07. The number of nitrogens with zero attached hydrogens (tertiary/aromatic N) is 3. The summed E-state index contributed by atoms with van der Waals surface area (Å²) in [5, 5.41) is 17.7. The molecule has 0 spiro atoms. The lowest BCUT2D eigenvalue weighted by Crippen LogP contribution is -1.93. The molecule has 0 saturated heterocycles. The van der Waals surface area contributed by atoms with Crippen LogP contribution in [0.4, 0.5) is 5.69 Å². The van der Waals surface area contributed by atoms with Crippen LogP contribution in [0.25, 0.3) is 10.2 Å². The molecule has 4 nitrogen and oxygen atoms in total. The van der Waals surface area contributed by atoms with Crippen LogP contribution in [-0.4, -0.2) is 10.2 Å². The second-order valence-electron chi connectivity index (χ2n) is 3.05. The number of hydrogen-bond donors (Lipinski definition) is 1. The molecule has 0 amide bonds. The minimum atomic E-state index is 0.517. The Hall–Kier alpha value is -1.67. The van der Waals surface area contributed by atoms with E-state index in [2.05, 4.69) is 16.3 Å². The summed E-state index contributed by atoms with van der Waals surface area (Å²) < 4.78 is 0. The number of aromatic nitrogens is 2. The van der Waals surface area contributed by atoms with Gasteiger partial charge in [-0.3, -0.25) is 0 Å². The van der Waals surface area contributed by atoms with Crippen LogP contribution in [0.2, 0.25) is 0 Å². The van der Waals surface area contributed by atoms with Crippen molar-refractivity contribution in [1.82, 2.24) is 10.2 Å². The topological polar surface area (TPSA) is 75.6 Å². The van der Waals surface area contributed by atoms with Gasteiger partial charge in [-0.2, -0.15) is 10.4 Å². The normalized spacial score (nSPS) is 10.4. The molecule has 2 N–H and O–H groups in total. The smallest absolute Gasteiger partial charge is 0.149 e. The van der Waals surface area contributed by atoms with E-state index in [0.29, 0.717) is 10.6 Å². The lowest BCUT2D eigenvalue weighted by atomic mass is 10.1. The summed E-state index contributed by atoms with van der Waals surface area (Å²) in [7, 11) is 0. The van der Waals surface area contributed by atoms with Gasteiger partial charge in [-0.1, -0.05) is 0 Å². The molecule has 0 bridgehead atoms. The number of nitrogens with two attached hydrogens (primary N) is 1. The van der Waals surface area contributed by atoms with Crippen LogP contribution in [-0.2, 0) is 0 Å². The van der Waals surface area contributed by atoms with E-state index < -0.39 is 0 Å². The van der Waals surface area contributed by atoms with Crippen molar-refractivity contribution in [3.63, 3.8) is 0 Å². The predicted molar refractivity (Wildman–Crippen MR) is 56.0 cm³/mol. The van der Waals surface area contributed by atoms with Crippen molar-refractivity contribution in [2.45, 2.75) is 13.8 Å². The lowest BCUT2D eigenvalue weighted by molar-refractivity contribution is 1.01. The van der Waals surface area contributed by atoms with Crippen LogP contribution in [0.15, 0.2) is 0 Å². The van der Waals surface area contributed by atoms with Gasteiger partial charge in [0.2, 0.25) is 0 Å². The fourth-order valence-corrected chi connectivity index (χ4v) is 2.22. The fraction of sp³-hybridized carbons (Fsp3) is 0.222. The molecular formula is C9H8N4S. The third-order valence-electron chi connectivity index (χ3n) is 2.24. The summed E-state index contributed by atoms with van der Waals surface area (Å²) in [6.45, 7) is 3.82. The molecule has 14 heavy (non-hydrogen) atoms. The highest BCUT2D eigenvalue weighted by Gasteiger charge is 2.13. The second-order valence-corrected chi connectivity index (χ2v) is 4.05. The molecule has 2 rings (SSSR count). The molecule has 0 fully saturated rings. The van der Waals surface area contributed by atoms with Crippen LogP contribution in [0.1, 0.15) is 16.1 Å². The van der Waals surface area contributed by atoms with Crippen molar-refractivity contribution >= 4 is 27.2 Å². The molecule has 2 aromatic rings. The molecule has 0 aliphatic carbocycles. The average Bonchev–Trinajstić information content (AvgIpc) is 2.50. The highest BCUT2D eigenvalue weighted by atomic mass is 32.1. The first kappa shape index (κ1) is 8.91. The summed E-state index contributed by atoms with van der Waals surface area (Å²) in [4.78, 5) is 1.25. The van der Waals surface area contributed by atoms with Gasteiger partial charge in [0.05, 0.1) is 11.4 Å². The Labute approximate surface area is 85.0 Å². The maximum Gasteiger partial charge on any atom is 0.149 e. The molecule has 0 saturated carbocycles. The van der Waals surface area contributed by atoms with E-state index in [-0.39, 0.29) is 0 Å². The van der Waals surface area contributed by atoms with Gasteiger partial charge >= 0.3 is 0 Å². The standard InChI is InChI=1S/C9H8N4S/c1-4-5(2)12-13-9-7(4)8(11)6(3-10)14-9/h11H2,1-2H3. The van der Waals surface area contributed by atoms with E-state index in [1.54, 1.807) is 0 Å². The SMILES string of the molecule is Cc1nnc2sc(C#N)c(N)c2c1C. The average molecular weight is 204 g/mol. The fourth-order valence-electron chi connectivity index (χ4n) is 1.32. The van der Waals surface area contributed by atoms with Gasteiger partial charge in [-0.25, -0.2) is 0 Å². The minimum Gasteiger partial charge on any atom is -0.396 e. The highest BCUT2D eigenvalue weighted by Crippen LogP contribution is 2.33. The van der Waals surface area contributed by atoms with Crippen molar-refractivity contribution in [3.05, 3.63) is 16.1 Å². The number of thiophene rings is 1. The van der Waals surface area contributed by atoms with Gasteiger partial charge in [-0.15, -0.1) is 16.4 Å². The maximum atomic E-state index is 8.81. The summed E-state index contributed by atoms with van der Waals surface area (Å²) >= 11 is 1.29. The number of fused-ring (bicyclic) bond motifs is 1. The second kappa shape index (κ2) is 2.93. The Morgan fingerprint density at radius 1 is 1.36 bits per heavy atom. The molecule has 5 heteroatoms. The van der Waals surface area contributed by atoms with Gasteiger partial charge in [0.25, 0.3) is 0 Å². The summed E-state index contributed by atoms with van der Waals surface area (Å²) in [5.41, 5.74) is 8.23. The zero-order valence-corrected chi connectivity index (χ0v) is 8.64. The van der Waals surface area contributed by atoms with E-state index in [0.717, 1.165) is 21.5 Å². The van der Waals surface area contributed by atoms with Crippen molar-refractivity contribution in [2.75, 3.05) is 5.73 Å². The van der Waals surface area contributed by atoms with Gasteiger partial charge in [0.1, 0.15) is 15.8 Å². The van der Waals surface area contributed by atoms with E-state index in [4.69, 9.17) is 11.0 Å². The molecule has 70 valence electrons. The quantitative estimate of drug-likeness (QED) is 0.709. The Morgan fingerprint density at radius 3 is 2.71 bits per heavy atom. The van der Waals surface area contributed by atoms with Gasteiger partial charge < -0.3 is 5.73 Å².